The fraction of sp³-hybridized carbons (Fsp3) is 0.652. The molecule has 4 atom stereocenters. The first-order chi connectivity index (χ1) is 15.4. The Morgan fingerprint density at radius 3 is 2.33 bits per heavy atom. The lowest BCUT2D eigenvalue weighted by atomic mass is 9.91. The highest BCUT2D eigenvalue weighted by molar-refractivity contribution is 5.85. The van der Waals surface area contributed by atoms with E-state index in [1.165, 1.54) is 20.8 Å². The molecule has 1 saturated heterocycles. The van der Waals surface area contributed by atoms with Crippen molar-refractivity contribution in [3.05, 3.63) is 28.6 Å². The molecule has 0 bridgehead atoms. The summed E-state index contributed by atoms with van der Waals surface area (Å²) in [7, 11) is 0. The molecular weight excluding hydrogens is 434 g/mol. The third-order valence-electron chi connectivity index (χ3n) is 6.25. The van der Waals surface area contributed by atoms with E-state index < -0.39 is 35.8 Å². The van der Waals surface area contributed by atoms with Crippen molar-refractivity contribution < 1.29 is 27.9 Å². The number of nitrogens with two attached hydrogens (primary N) is 1. The second-order valence-electron chi connectivity index (χ2n) is 8.97. The lowest BCUT2D eigenvalue weighted by molar-refractivity contribution is -0.135. The number of Topliss-reactive ketones (excluding diaryl/α,β-unsaturated/α-hetero) is 1. The zero-order valence-electron chi connectivity index (χ0n) is 19.8. The van der Waals surface area contributed by atoms with Crippen molar-refractivity contribution in [2.24, 2.45) is 17.6 Å². The Kier molecular flexibility index (Phi) is 9.42. The van der Waals surface area contributed by atoms with Crippen molar-refractivity contribution in [3.63, 3.8) is 0 Å². The zero-order chi connectivity index (χ0) is 24.9. The number of carbonyl (C=O) groups is 3. The number of nitrogens with zero attached hydrogens (tertiary/aromatic N) is 1. The van der Waals surface area contributed by atoms with Crippen molar-refractivity contribution in [1.29, 1.82) is 0 Å². The molecule has 184 valence electrons. The second-order valence-corrected chi connectivity index (χ2v) is 8.97. The van der Waals surface area contributed by atoms with Crippen LogP contribution in [0.25, 0.3) is 0 Å². The number of amides is 2. The molecule has 4 N–H and O–H groups in total. The minimum Gasteiger partial charge on any atom is -0.381 e. The van der Waals surface area contributed by atoms with Crippen molar-refractivity contribution in [2.75, 3.05) is 13.2 Å². The molecular formula is C23H34F2N4O4. The third-order valence-corrected chi connectivity index (χ3v) is 6.25. The number of pyridine rings is 1. The summed E-state index contributed by atoms with van der Waals surface area (Å²) >= 11 is 0. The van der Waals surface area contributed by atoms with Gasteiger partial charge in [0.1, 0.15) is 17.6 Å². The number of hydrogen-bond acceptors (Lipinski definition) is 6. The summed E-state index contributed by atoms with van der Waals surface area (Å²) in [5.41, 5.74) is 6.17. The molecule has 0 radical (unpaired) electrons. The van der Waals surface area contributed by atoms with Gasteiger partial charge in [-0.2, -0.15) is 4.39 Å². The van der Waals surface area contributed by atoms with Gasteiger partial charge < -0.3 is 25.9 Å². The van der Waals surface area contributed by atoms with Gasteiger partial charge in [0.2, 0.25) is 17.8 Å². The zero-order valence-corrected chi connectivity index (χ0v) is 19.8. The second kappa shape index (κ2) is 11.6. The molecule has 2 amide bonds. The summed E-state index contributed by atoms with van der Waals surface area (Å²) in [6.07, 6.45) is 0.324. The van der Waals surface area contributed by atoms with Gasteiger partial charge >= 0.3 is 0 Å². The van der Waals surface area contributed by atoms with E-state index in [9.17, 15) is 23.2 Å². The minimum atomic E-state index is -1.07. The fourth-order valence-corrected chi connectivity index (χ4v) is 3.64. The van der Waals surface area contributed by atoms with Crippen LogP contribution in [0.2, 0.25) is 0 Å². The smallest absolute Gasteiger partial charge is 0.239 e. The number of ether oxygens (including phenoxy) is 1. The SMILES string of the molecule is CC(=O)CC[C@H](Cc1c(F)nc(C)c(F)c1C)NC(=O)[C@@H](N)[C@@H](C)NC(=O)C(C)C1COC1. The van der Waals surface area contributed by atoms with E-state index in [-0.39, 0.29) is 59.6 Å². The Morgan fingerprint density at radius 2 is 1.79 bits per heavy atom. The molecule has 1 unspecified atom stereocenters. The van der Waals surface area contributed by atoms with Crippen LogP contribution in [0, 0.1) is 37.4 Å². The van der Waals surface area contributed by atoms with Crippen LogP contribution in [0.1, 0.15) is 50.4 Å². The number of halogens is 2. The Labute approximate surface area is 193 Å². The third kappa shape index (κ3) is 7.01. The molecule has 0 saturated carbocycles. The highest BCUT2D eigenvalue weighted by Crippen LogP contribution is 2.21. The lowest BCUT2D eigenvalue weighted by Gasteiger charge is -2.32. The van der Waals surface area contributed by atoms with Crippen LogP contribution in [-0.4, -0.2) is 53.9 Å². The predicted octanol–water partition coefficient (Wildman–Crippen LogP) is 1.49. The van der Waals surface area contributed by atoms with Crippen LogP contribution in [-0.2, 0) is 25.5 Å². The van der Waals surface area contributed by atoms with Crippen LogP contribution < -0.4 is 16.4 Å². The number of ketones is 1. The van der Waals surface area contributed by atoms with E-state index in [4.69, 9.17) is 10.5 Å². The van der Waals surface area contributed by atoms with Crippen LogP contribution in [0.3, 0.4) is 0 Å². The molecule has 1 aliphatic rings. The minimum absolute atomic E-state index is 0.0402. The molecule has 1 aromatic heterocycles. The molecule has 2 heterocycles. The summed E-state index contributed by atoms with van der Waals surface area (Å²) in [5.74, 6) is -2.43. The van der Waals surface area contributed by atoms with Crippen molar-refractivity contribution in [3.8, 4) is 0 Å². The maximum atomic E-state index is 14.5. The molecule has 1 fully saturated rings. The van der Waals surface area contributed by atoms with Crippen LogP contribution in [0.4, 0.5) is 8.78 Å². The molecule has 1 aromatic rings. The van der Waals surface area contributed by atoms with Gasteiger partial charge in [-0.3, -0.25) is 9.59 Å². The molecule has 8 nitrogen and oxygen atoms in total. The topological polar surface area (TPSA) is 123 Å². The Bertz CT molecular complexity index is 892. The summed E-state index contributed by atoms with van der Waals surface area (Å²) in [6.45, 7) is 8.71. The number of rotatable bonds is 11. The Morgan fingerprint density at radius 1 is 1.15 bits per heavy atom. The van der Waals surface area contributed by atoms with E-state index in [2.05, 4.69) is 15.6 Å². The molecule has 1 aliphatic heterocycles. The lowest BCUT2D eigenvalue weighted by Crippen LogP contribution is -2.57. The van der Waals surface area contributed by atoms with E-state index in [1.54, 1.807) is 13.8 Å². The summed E-state index contributed by atoms with van der Waals surface area (Å²) in [5, 5.41) is 5.49. The molecule has 2 rings (SSSR count). The fourth-order valence-electron chi connectivity index (χ4n) is 3.64. The summed E-state index contributed by atoms with van der Waals surface area (Å²) in [4.78, 5) is 40.3. The van der Waals surface area contributed by atoms with Gasteiger partial charge in [0.05, 0.1) is 24.9 Å². The van der Waals surface area contributed by atoms with Gasteiger partial charge in [0.25, 0.3) is 0 Å². The van der Waals surface area contributed by atoms with E-state index in [0.29, 0.717) is 13.2 Å². The number of carbonyl (C=O) groups excluding carboxylic acids is 3. The Balaban J connectivity index is 2.07. The number of aromatic nitrogens is 1. The average molecular weight is 469 g/mol. The van der Waals surface area contributed by atoms with E-state index in [1.807, 2.05) is 0 Å². The molecule has 33 heavy (non-hydrogen) atoms. The summed E-state index contributed by atoms with van der Waals surface area (Å²) < 4.78 is 33.8. The van der Waals surface area contributed by atoms with Gasteiger partial charge in [-0.25, -0.2) is 9.37 Å². The maximum absolute atomic E-state index is 14.5. The van der Waals surface area contributed by atoms with E-state index in [0.717, 1.165) is 0 Å². The van der Waals surface area contributed by atoms with Crippen LogP contribution in [0.5, 0.6) is 0 Å². The molecule has 0 aromatic carbocycles. The number of nitrogens with one attached hydrogen (secondary N) is 2. The van der Waals surface area contributed by atoms with Crippen molar-refractivity contribution in [2.45, 2.75) is 72.0 Å². The van der Waals surface area contributed by atoms with Gasteiger partial charge in [0.15, 0.2) is 0 Å². The van der Waals surface area contributed by atoms with Gasteiger partial charge in [-0.1, -0.05) is 6.92 Å². The first kappa shape index (κ1) is 26.8. The first-order valence-corrected chi connectivity index (χ1v) is 11.2. The standard InChI is InChI=1S/C23H34F2N4O4/c1-11(30)6-7-17(8-18-13(3)19(24)14(4)27-21(18)25)29-23(32)20(26)15(5)28-22(31)12(2)16-9-33-10-16/h12,15-17,20H,6-10,26H2,1-5H3,(H,28,31)(H,29,32)/t12?,15-,17-,20+/m1/s1. The maximum Gasteiger partial charge on any atom is 0.239 e. The normalized spacial score (nSPS) is 17.5. The number of aryl methyl sites for hydroxylation is 1. The average Bonchev–Trinajstić information content (AvgIpc) is 2.70. The first-order valence-electron chi connectivity index (χ1n) is 11.2. The summed E-state index contributed by atoms with van der Waals surface area (Å²) in [6, 6.07) is -2.40. The Hall–Kier alpha value is -2.46. The van der Waals surface area contributed by atoms with Crippen LogP contribution in [0.15, 0.2) is 0 Å². The molecule has 10 heteroatoms. The van der Waals surface area contributed by atoms with Crippen molar-refractivity contribution in [1.82, 2.24) is 15.6 Å². The molecule has 0 aliphatic carbocycles. The van der Waals surface area contributed by atoms with Crippen LogP contribution >= 0.6 is 0 Å². The van der Waals surface area contributed by atoms with Gasteiger partial charge in [-0.15, -0.1) is 0 Å². The quantitative estimate of drug-likeness (QED) is 0.423. The monoisotopic (exact) mass is 468 g/mol. The number of hydrogen-bond donors (Lipinski definition) is 3. The van der Waals surface area contributed by atoms with E-state index >= 15 is 0 Å². The highest BCUT2D eigenvalue weighted by Gasteiger charge is 2.32. The van der Waals surface area contributed by atoms with Crippen molar-refractivity contribution >= 4 is 17.6 Å². The van der Waals surface area contributed by atoms with Gasteiger partial charge in [-0.05, 0) is 46.1 Å². The molecule has 0 spiro atoms. The highest BCUT2D eigenvalue weighted by atomic mass is 19.1. The largest absolute Gasteiger partial charge is 0.381 e. The van der Waals surface area contributed by atoms with Gasteiger partial charge in [0, 0.05) is 29.9 Å². The predicted molar refractivity (Wildman–Crippen MR) is 118 cm³/mol.